The lowest BCUT2D eigenvalue weighted by molar-refractivity contribution is 0.122. The molecule has 0 saturated carbocycles. The van der Waals surface area contributed by atoms with Gasteiger partial charge in [0, 0.05) is 32.9 Å². The van der Waals surface area contributed by atoms with Gasteiger partial charge in [-0.3, -0.25) is 0 Å². The average molecular weight is 706 g/mol. The fourth-order valence-corrected chi connectivity index (χ4v) is 5.52. The summed E-state index contributed by atoms with van der Waals surface area (Å²) in [7, 11) is 1.64. The Morgan fingerprint density at radius 3 is 2.62 bits per heavy atom. The van der Waals surface area contributed by atoms with Crippen molar-refractivity contribution < 1.29 is 9.47 Å². The second kappa shape index (κ2) is 11.6. The Morgan fingerprint density at radius 1 is 1.12 bits per heavy atom. The summed E-state index contributed by atoms with van der Waals surface area (Å²) < 4.78 is 13.1. The van der Waals surface area contributed by atoms with Crippen LogP contribution in [0.5, 0.6) is 5.75 Å². The quantitative estimate of drug-likeness (QED) is 0.200. The molecule has 0 amide bonds. The van der Waals surface area contributed by atoms with E-state index in [2.05, 4.69) is 80.9 Å². The fourth-order valence-electron chi connectivity index (χ4n) is 3.23. The van der Waals surface area contributed by atoms with E-state index < -0.39 is 0 Å². The summed E-state index contributed by atoms with van der Waals surface area (Å²) in [5.74, 6) is 2.00. The first kappa shape index (κ1) is 25.1. The van der Waals surface area contributed by atoms with E-state index >= 15 is 0 Å². The van der Waals surface area contributed by atoms with E-state index in [1.165, 1.54) is 0 Å². The van der Waals surface area contributed by atoms with Crippen LogP contribution in [0, 0.1) is 14.1 Å². The molecule has 3 aromatic rings. The van der Waals surface area contributed by atoms with Crippen molar-refractivity contribution in [1.82, 2.24) is 15.0 Å². The molecule has 9 nitrogen and oxygen atoms in total. The van der Waals surface area contributed by atoms with E-state index in [0.29, 0.717) is 49.2 Å². The van der Waals surface area contributed by atoms with Gasteiger partial charge >= 0.3 is 0 Å². The molecule has 0 spiro atoms. The number of methoxy groups -OCH3 is 1. The minimum Gasteiger partial charge on any atom is -0.495 e. The van der Waals surface area contributed by atoms with Gasteiger partial charge in [-0.25, -0.2) is 5.43 Å². The van der Waals surface area contributed by atoms with Crippen LogP contribution in [0.2, 0.25) is 5.02 Å². The number of halogens is 3. The van der Waals surface area contributed by atoms with Crippen molar-refractivity contribution in [2.45, 2.75) is 6.92 Å². The van der Waals surface area contributed by atoms with Crippen molar-refractivity contribution in [2.75, 3.05) is 49.1 Å². The highest BCUT2D eigenvalue weighted by Crippen LogP contribution is 2.27. The molecule has 0 unspecified atom stereocenters. The lowest BCUT2D eigenvalue weighted by Crippen LogP contribution is -2.37. The van der Waals surface area contributed by atoms with Crippen LogP contribution in [-0.2, 0) is 4.74 Å². The SMILES string of the molecule is COc1c(I)cc(I)cc1C=NNc1nc(Nc2ccc(C)c(Cl)c2)nc(N2CCOCC2)n1. The number of hydrazone groups is 1. The highest BCUT2D eigenvalue weighted by atomic mass is 127. The molecule has 34 heavy (non-hydrogen) atoms. The highest BCUT2D eigenvalue weighted by Gasteiger charge is 2.17. The Hall–Kier alpha value is -1.97. The van der Waals surface area contributed by atoms with Gasteiger partial charge in [0.25, 0.3) is 0 Å². The number of anilines is 4. The van der Waals surface area contributed by atoms with Crippen LogP contribution >= 0.6 is 56.8 Å². The van der Waals surface area contributed by atoms with Gasteiger partial charge in [0.2, 0.25) is 17.8 Å². The monoisotopic (exact) mass is 705 g/mol. The zero-order chi connectivity index (χ0) is 24.1. The van der Waals surface area contributed by atoms with E-state index in [4.69, 9.17) is 21.1 Å². The van der Waals surface area contributed by atoms with Gasteiger partial charge in [-0.2, -0.15) is 20.1 Å². The van der Waals surface area contributed by atoms with Gasteiger partial charge in [0.15, 0.2) is 0 Å². The Kier molecular flexibility index (Phi) is 8.60. The zero-order valence-corrected chi connectivity index (χ0v) is 23.5. The predicted octanol–water partition coefficient (Wildman–Crippen LogP) is 5.08. The minimum atomic E-state index is 0.313. The number of ether oxygens (including phenoxy) is 2. The van der Waals surface area contributed by atoms with E-state index in [-0.39, 0.29) is 0 Å². The van der Waals surface area contributed by atoms with E-state index in [0.717, 1.165) is 29.7 Å². The molecule has 0 atom stereocenters. The van der Waals surface area contributed by atoms with Crippen molar-refractivity contribution in [2.24, 2.45) is 5.10 Å². The van der Waals surface area contributed by atoms with Crippen molar-refractivity contribution in [3.63, 3.8) is 0 Å². The van der Waals surface area contributed by atoms with Crippen molar-refractivity contribution >= 4 is 86.5 Å². The van der Waals surface area contributed by atoms with Crippen LogP contribution in [-0.4, -0.2) is 54.6 Å². The molecule has 0 radical (unpaired) electrons. The second-order valence-corrected chi connectivity index (χ2v) is 10.2. The molecule has 1 saturated heterocycles. The van der Waals surface area contributed by atoms with Crippen molar-refractivity contribution in [3.05, 3.63) is 53.6 Å². The van der Waals surface area contributed by atoms with E-state index in [9.17, 15) is 0 Å². The Bertz CT molecular complexity index is 1210. The molecular formula is C22H22ClI2N7O2. The molecule has 0 bridgehead atoms. The smallest absolute Gasteiger partial charge is 0.250 e. The molecular weight excluding hydrogens is 684 g/mol. The molecule has 12 heteroatoms. The lowest BCUT2D eigenvalue weighted by Gasteiger charge is -2.27. The third kappa shape index (κ3) is 6.37. The van der Waals surface area contributed by atoms with Gasteiger partial charge in [-0.05, 0) is 81.9 Å². The zero-order valence-electron chi connectivity index (χ0n) is 18.5. The van der Waals surface area contributed by atoms with Crippen LogP contribution in [0.15, 0.2) is 35.4 Å². The Morgan fingerprint density at radius 2 is 1.88 bits per heavy atom. The summed E-state index contributed by atoms with van der Waals surface area (Å²) in [6, 6.07) is 9.74. The number of benzene rings is 2. The number of hydrogen-bond acceptors (Lipinski definition) is 9. The molecule has 1 fully saturated rings. The molecule has 0 aliphatic carbocycles. The first-order valence-corrected chi connectivity index (χ1v) is 12.9. The fraction of sp³-hybridized carbons (Fsp3) is 0.273. The molecule has 2 heterocycles. The standard InChI is InChI=1S/C22H22ClI2N7O2/c1-13-3-4-16(11-17(13)23)27-20-28-21(30-22(29-20)32-5-7-34-8-6-32)31-26-12-14-9-15(24)10-18(25)19(14)33-2/h3-4,9-12H,5-8H2,1-2H3,(H2,27,28,29,30,31). The van der Waals surface area contributed by atoms with Crippen LogP contribution in [0.1, 0.15) is 11.1 Å². The number of rotatable bonds is 7. The predicted molar refractivity (Wildman–Crippen MR) is 152 cm³/mol. The first-order valence-electron chi connectivity index (χ1n) is 10.4. The van der Waals surface area contributed by atoms with E-state index in [1.54, 1.807) is 13.3 Å². The van der Waals surface area contributed by atoms with Gasteiger partial charge in [-0.1, -0.05) is 17.7 Å². The summed E-state index contributed by atoms with van der Waals surface area (Å²) in [4.78, 5) is 15.7. The van der Waals surface area contributed by atoms with Crippen molar-refractivity contribution in [1.29, 1.82) is 0 Å². The van der Waals surface area contributed by atoms with Crippen LogP contribution in [0.25, 0.3) is 0 Å². The number of nitrogens with zero attached hydrogens (tertiary/aromatic N) is 5. The van der Waals surface area contributed by atoms with E-state index in [1.807, 2.05) is 37.3 Å². The lowest BCUT2D eigenvalue weighted by atomic mass is 10.2. The maximum absolute atomic E-state index is 6.28. The Labute approximate surface area is 230 Å². The van der Waals surface area contributed by atoms with Gasteiger partial charge in [0.1, 0.15) is 5.75 Å². The van der Waals surface area contributed by atoms with Crippen molar-refractivity contribution in [3.8, 4) is 5.75 Å². The topological polar surface area (TPSA) is 96.8 Å². The van der Waals surface area contributed by atoms with Crippen LogP contribution in [0.4, 0.5) is 23.5 Å². The minimum absolute atomic E-state index is 0.313. The summed E-state index contributed by atoms with van der Waals surface area (Å²) in [5.41, 5.74) is 5.56. The third-order valence-electron chi connectivity index (χ3n) is 4.95. The van der Waals surface area contributed by atoms with Gasteiger partial charge in [0.05, 0.1) is 30.1 Å². The molecule has 4 rings (SSSR count). The first-order chi connectivity index (χ1) is 16.4. The van der Waals surface area contributed by atoms with Crippen LogP contribution < -0.4 is 20.4 Å². The molecule has 1 aliphatic heterocycles. The maximum Gasteiger partial charge on any atom is 0.250 e. The van der Waals surface area contributed by atoms with Gasteiger partial charge < -0.3 is 19.7 Å². The average Bonchev–Trinajstić information content (AvgIpc) is 2.82. The molecule has 2 aromatic carbocycles. The molecule has 178 valence electrons. The number of aromatic nitrogens is 3. The Balaban J connectivity index is 1.61. The molecule has 1 aromatic heterocycles. The maximum atomic E-state index is 6.28. The normalized spacial score (nSPS) is 13.9. The summed E-state index contributed by atoms with van der Waals surface area (Å²) in [6.07, 6.45) is 1.69. The summed E-state index contributed by atoms with van der Waals surface area (Å²) in [5, 5.41) is 8.23. The molecule has 1 aliphatic rings. The largest absolute Gasteiger partial charge is 0.495 e. The van der Waals surface area contributed by atoms with Gasteiger partial charge in [-0.15, -0.1) is 0 Å². The highest BCUT2D eigenvalue weighted by molar-refractivity contribution is 14.1. The third-order valence-corrected chi connectivity index (χ3v) is 6.79. The number of nitrogens with one attached hydrogen (secondary N) is 2. The number of hydrogen-bond donors (Lipinski definition) is 2. The molecule has 2 N–H and O–H groups in total. The second-order valence-electron chi connectivity index (χ2n) is 7.35. The summed E-state index contributed by atoms with van der Waals surface area (Å²) >= 11 is 10.8. The van der Waals surface area contributed by atoms with Crippen LogP contribution in [0.3, 0.4) is 0 Å². The number of morpholine rings is 1. The number of aryl methyl sites for hydroxylation is 1. The summed E-state index contributed by atoms with van der Waals surface area (Å²) in [6.45, 7) is 4.58.